The smallest absolute Gasteiger partial charge is 0.143 e. The molecular formula is C54H32O. The Bertz CT molecular complexity index is 3440. The number of hydrogen-bond donors (Lipinski definition) is 0. The van der Waals surface area contributed by atoms with Gasteiger partial charge in [0.15, 0.2) is 0 Å². The van der Waals surface area contributed by atoms with E-state index in [0.29, 0.717) is 0 Å². The molecule has 0 radical (unpaired) electrons. The summed E-state index contributed by atoms with van der Waals surface area (Å²) in [5.41, 5.74) is 11.3. The maximum atomic E-state index is 7.02. The summed E-state index contributed by atoms with van der Waals surface area (Å²) in [4.78, 5) is 0. The van der Waals surface area contributed by atoms with Gasteiger partial charge >= 0.3 is 0 Å². The highest BCUT2D eigenvalue weighted by Gasteiger charge is 2.21. The van der Waals surface area contributed by atoms with E-state index in [1.54, 1.807) is 0 Å². The van der Waals surface area contributed by atoms with Crippen LogP contribution in [0.1, 0.15) is 0 Å². The lowest BCUT2D eigenvalue weighted by molar-refractivity contribution is 0.670. The van der Waals surface area contributed by atoms with Crippen molar-refractivity contribution in [3.8, 4) is 44.5 Å². The normalized spacial score (nSPS) is 12.0. The van der Waals surface area contributed by atoms with Gasteiger partial charge in [-0.1, -0.05) is 170 Å². The molecule has 55 heavy (non-hydrogen) atoms. The van der Waals surface area contributed by atoms with Gasteiger partial charge in [0.25, 0.3) is 0 Å². The maximum absolute atomic E-state index is 7.02. The second kappa shape index (κ2) is 11.6. The maximum Gasteiger partial charge on any atom is 0.143 e. The zero-order chi connectivity index (χ0) is 36.0. The van der Waals surface area contributed by atoms with Crippen molar-refractivity contribution in [1.82, 2.24) is 0 Å². The Hall–Kier alpha value is -7.22. The highest BCUT2D eigenvalue weighted by molar-refractivity contribution is 6.28. The SMILES string of the molecule is c1ccc(-c2ccc3cc4oc5c(-c6ccc(-c7cccc8ccccc78)cc6)ccc(-c6ccc7ccc8cccc9ccc6c7c89)c5c4cc3c2)cc1. The van der Waals surface area contributed by atoms with Crippen LogP contribution in [0.4, 0.5) is 0 Å². The van der Waals surface area contributed by atoms with E-state index in [-0.39, 0.29) is 0 Å². The molecule has 1 nitrogen and oxygen atoms in total. The predicted molar refractivity (Wildman–Crippen MR) is 234 cm³/mol. The average molecular weight is 697 g/mol. The Labute approximate surface area is 317 Å². The Morgan fingerprint density at radius 2 is 0.873 bits per heavy atom. The van der Waals surface area contributed by atoms with E-state index in [1.807, 2.05) is 0 Å². The summed E-state index contributed by atoms with van der Waals surface area (Å²) in [6, 6.07) is 71.0. The minimum atomic E-state index is 0.897. The number of furan rings is 1. The molecule has 12 aromatic rings. The molecule has 0 unspecified atom stereocenters. The fourth-order valence-electron chi connectivity index (χ4n) is 9.16. The average Bonchev–Trinajstić information content (AvgIpc) is 3.63. The first kappa shape index (κ1) is 30.3. The van der Waals surface area contributed by atoms with E-state index >= 15 is 0 Å². The lowest BCUT2D eigenvalue weighted by Crippen LogP contribution is -1.89. The zero-order valence-electron chi connectivity index (χ0n) is 29.9. The molecular weight excluding hydrogens is 665 g/mol. The van der Waals surface area contributed by atoms with E-state index in [2.05, 4.69) is 194 Å². The van der Waals surface area contributed by atoms with Gasteiger partial charge in [0.1, 0.15) is 11.2 Å². The van der Waals surface area contributed by atoms with Gasteiger partial charge in [-0.25, -0.2) is 0 Å². The zero-order valence-corrected chi connectivity index (χ0v) is 29.9. The van der Waals surface area contributed by atoms with Crippen LogP contribution in [0.3, 0.4) is 0 Å². The standard InChI is InChI=1S/C54H32O/c1-2-8-33(9-3-1)40-22-23-41-32-50-49(31-42(41)30-40)53-48(46-26-24-39-21-20-37-12-6-13-38-25-27-47(46)52(39)51(37)38)29-28-45(54(53)55-50)36-18-16-35(17-19-36)44-15-7-11-34-10-4-5-14-43(34)44/h1-32H. The van der Waals surface area contributed by atoms with Gasteiger partial charge in [0.2, 0.25) is 0 Å². The van der Waals surface area contributed by atoms with Gasteiger partial charge < -0.3 is 4.42 Å². The fourth-order valence-corrected chi connectivity index (χ4v) is 9.16. The molecule has 1 heterocycles. The van der Waals surface area contributed by atoms with Crippen LogP contribution in [-0.4, -0.2) is 0 Å². The second-order valence-electron chi connectivity index (χ2n) is 14.8. The highest BCUT2D eigenvalue weighted by Crippen LogP contribution is 2.47. The lowest BCUT2D eigenvalue weighted by atomic mass is 9.87. The van der Waals surface area contributed by atoms with Gasteiger partial charge in [0, 0.05) is 16.3 Å². The summed E-state index contributed by atoms with van der Waals surface area (Å²) in [6.07, 6.45) is 0. The summed E-state index contributed by atoms with van der Waals surface area (Å²) >= 11 is 0. The van der Waals surface area contributed by atoms with Crippen LogP contribution in [-0.2, 0) is 0 Å². The van der Waals surface area contributed by atoms with Crippen LogP contribution in [0.25, 0.3) is 120 Å². The molecule has 12 rings (SSSR count). The highest BCUT2D eigenvalue weighted by atomic mass is 16.3. The summed E-state index contributed by atoms with van der Waals surface area (Å²) < 4.78 is 7.02. The molecule has 0 atom stereocenters. The van der Waals surface area contributed by atoms with Crippen LogP contribution < -0.4 is 0 Å². The largest absolute Gasteiger partial charge is 0.455 e. The van der Waals surface area contributed by atoms with Crippen molar-refractivity contribution in [2.45, 2.75) is 0 Å². The Morgan fingerprint density at radius 3 is 1.73 bits per heavy atom. The molecule has 0 bridgehead atoms. The van der Waals surface area contributed by atoms with E-state index in [4.69, 9.17) is 4.42 Å². The minimum Gasteiger partial charge on any atom is -0.455 e. The van der Waals surface area contributed by atoms with E-state index in [9.17, 15) is 0 Å². The Balaban J connectivity index is 1.11. The third-order valence-corrected chi connectivity index (χ3v) is 11.8. The molecule has 0 amide bonds. The lowest BCUT2D eigenvalue weighted by Gasteiger charge is -2.15. The number of rotatable bonds is 4. The Kier molecular flexibility index (Phi) is 6.40. The molecule has 0 saturated carbocycles. The van der Waals surface area contributed by atoms with Crippen LogP contribution in [0.15, 0.2) is 199 Å². The predicted octanol–water partition coefficient (Wildman–Crippen LogP) is 15.5. The first-order valence-corrected chi connectivity index (χ1v) is 19.0. The van der Waals surface area contributed by atoms with E-state index in [1.165, 1.54) is 81.9 Å². The Morgan fingerprint density at radius 1 is 0.255 bits per heavy atom. The van der Waals surface area contributed by atoms with Gasteiger partial charge in [-0.05, 0) is 117 Å². The monoisotopic (exact) mass is 696 g/mol. The van der Waals surface area contributed by atoms with Crippen molar-refractivity contribution < 1.29 is 4.42 Å². The number of hydrogen-bond acceptors (Lipinski definition) is 1. The molecule has 0 saturated heterocycles. The van der Waals surface area contributed by atoms with Crippen LogP contribution in [0.2, 0.25) is 0 Å². The van der Waals surface area contributed by atoms with Crippen LogP contribution in [0.5, 0.6) is 0 Å². The third kappa shape index (κ3) is 4.60. The molecule has 0 fully saturated rings. The molecule has 0 aliphatic heterocycles. The van der Waals surface area contributed by atoms with E-state index < -0.39 is 0 Å². The van der Waals surface area contributed by atoms with Crippen LogP contribution >= 0.6 is 0 Å². The van der Waals surface area contributed by atoms with Gasteiger partial charge in [-0.2, -0.15) is 0 Å². The number of fused-ring (bicyclic) bond motifs is 5. The van der Waals surface area contributed by atoms with Crippen molar-refractivity contribution in [3.63, 3.8) is 0 Å². The molecule has 0 aliphatic rings. The molecule has 254 valence electrons. The topological polar surface area (TPSA) is 13.1 Å². The third-order valence-electron chi connectivity index (χ3n) is 11.8. The summed E-state index contributed by atoms with van der Waals surface area (Å²) in [5, 5.41) is 14.9. The number of benzene rings is 11. The summed E-state index contributed by atoms with van der Waals surface area (Å²) in [7, 11) is 0. The van der Waals surface area contributed by atoms with Crippen molar-refractivity contribution in [1.29, 1.82) is 0 Å². The molecule has 0 spiro atoms. The quantitative estimate of drug-likeness (QED) is 0.167. The first-order valence-electron chi connectivity index (χ1n) is 19.0. The van der Waals surface area contributed by atoms with Gasteiger partial charge in [-0.15, -0.1) is 0 Å². The first-order chi connectivity index (χ1) is 27.2. The fraction of sp³-hybridized carbons (Fsp3) is 0. The van der Waals surface area contributed by atoms with Crippen LogP contribution in [0, 0.1) is 0 Å². The summed E-state index contributed by atoms with van der Waals surface area (Å²) in [6.45, 7) is 0. The molecule has 1 aromatic heterocycles. The van der Waals surface area contributed by atoms with Crippen molar-refractivity contribution in [3.05, 3.63) is 194 Å². The van der Waals surface area contributed by atoms with Gasteiger partial charge in [-0.3, -0.25) is 0 Å². The molecule has 11 aromatic carbocycles. The minimum absolute atomic E-state index is 0.897. The van der Waals surface area contributed by atoms with E-state index in [0.717, 1.165) is 38.5 Å². The molecule has 1 heteroatoms. The van der Waals surface area contributed by atoms with Crippen molar-refractivity contribution in [2.24, 2.45) is 0 Å². The van der Waals surface area contributed by atoms with Crippen molar-refractivity contribution in [2.75, 3.05) is 0 Å². The van der Waals surface area contributed by atoms with Gasteiger partial charge in [0.05, 0.1) is 0 Å². The van der Waals surface area contributed by atoms with Crippen molar-refractivity contribution >= 4 is 75.8 Å². The molecule has 0 aliphatic carbocycles. The molecule has 0 N–H and O–H groups in total. The second-order valence-corrected chi connectivity index (χ2v) is 14.8. The summed E-state index contributed by atoms with van der Waals surface area (Å²) in [5.74, 6) is 0.